The smallest absolute Gasteiger partial charge is 0.411 e. The van der Waals surface area contributed by atoms with E-state index in [-0.39, 0.29) is 47.5 Å². The van der Waals surface area contributed by atoms with Crippen LogP contribution in [0.5, 0.6) is 5.88 Å². The number of ketones is 1. The van der Waals surface area contributed by atoms with Gasteiger partial charge in [0.25, 0.3) is 0 Å². The number of carbonyl (C=O) groups excluding carboxylic acids is 2. The van der Waals surface area contributed by atoms with Crippen LogP contribution in [0.25, 0.3) is 5.70 Å². The van der Waals surface area contributed by atoms with Gasteiger partial charge in [0.1, 0.15) is 22.5 Å². The number of allylic oxidation sites excluding steroid dienone is 1. The van der Waals surface area contributed by atoms with Crippen LogP contribution in [0.3, 0.4) is 0 Å². The standard InChI is InChI=1S/C38H56N8O5S/c1-7-26(22(2)11-10-16-42-6)50-29-17-28(45-18-23-20-49-21-24(19-45)46(23)36(48)51-37(3,4)5)43-35(44-29)31(39)25-12-8-14-38(33(25)47)15-9-13-27-30(38)32(40)34(41)52-27/h7,17,22-24,26,42H,1,8-16,18-21,39-41H2,2-6H3/b31-25-/t22-,23?,24?,26-,38-/m0/s1. The van der Waals surface area contributed by atoms with Crippen LogP contribution in [-0.4, -0.2) is 90.4 Å². The zero-order chi connectivity index (χ0) is 37.4. The SMILES string of the molecule is C=C[C@H](Oc1cc(N2CC3COCC(C2)N3C(=O)OC(C)(C)C)nc(/C(N)=C2\CCC[C@@]3(CCCc4sc(N)c(N)c43)C2=O)n1)[C@@H](C)CCCNC. The molecule has 4 aliphatic rings. The lowest BCUT2D eigenvalue weighted by atomic mass is 9.61. The van der Waals surface area contributed by atoms with E-state index in [9.17, 15) is 9.59 Å². The quantitative estimate of drug-likeness (QED) is 0.149. The molecule has 7 N–H and O–H groups in total. The first kappa shape index (κ1) is 37.9. The molecule has 3 fully saturated rings. The Balaban J connectivity index is 1.37. The van der Waals surface area contributed by atoms with Crippen molar-refractivity contribution >= 4 is 45.4 Å². The third kappa shape index (κ3) is 7.47. The van der Waals surface area contributed by atoms with Gasteiger partial charge in [0.2, 0.25) is 5.88 Å². The molecule has 13 nitrogen and oxygen atoms in total. The third-order valence-electron chi connectivity index (χ3n) is 10.9. The number of carbonyl (C=O) groups is 2. The second kappa shape index (κ2) is 15.2. The molecular weight excluding hydrogens is 681 g/mol. The molecule has 6 rings (SSSR count). The fourth-order valence-electron chi connectivity index (χ4n) is 8.36. The number of thiophene rings is 1. The number of nitrogen functional groups attached to an aromatic ring is 2. The van der Waals surface area contributed by atoms with Crippen LogP contribution in [0.15, 0.2) is 24.3 Å². The molecule has 2 bridgehead atoms. The van der Waals surface area contributed by atoms with Crippen molar-refractivity contribution in [2.45, 2.75) is 108 Å². The molecule has 2 aliphatic carbocycles. The number of piperazine rings is 1. The Hall–Kier alpha value is -3.88. The van der Waals surface area contributed by atoms with Crippen molar-refractivity contribution in [2.75, 3.05) is 56.3 Å². The second-order valence-electron chi connectivity index (χ2n) is 15.8. The largest absolute Gasteiger partial charge is 0.470 e. The van der Waals surface area contributed by atoms with E-state index in [2.05, 4.69) is 23.7 Å². The highest BCUT2D eigenvalue weighted by molar-refractivity contribution is 7.16. The second-order valence-corrected chi connectivity index (χ2v) is 16.9. The molecule has 2 aromatic heterocycles. The topological polar surface area (TPSA) is 184 Å². The predicted octanol–water partition coefficient (Wildman–Crippen LogP) is 4.79. The lowest BCUT2D eigenvalue weighted by Gasteiger charge is -2.49. The highest BCUT2D eigenvalue weighted by Crippen LogP contribution is 2.53. The van der Waals surface area contributed by atoms with E-state index in [0.717, 1.165) is 49.1 Å². The first-order valence-corrected chi connectivity index (χ1v) is 19.5. The third-order valence-corrected chi connectivity index (χ3v) is 12.0. The molecule has 52 heavy (non-hydrogen) atoms. The Morgan fingerprint density at radius 2 is 1.88 bits per heavy atom. The van der Waals surface area contributed by atoms with Crippen LogP contribution < -0.4 is 32.2 Å². The average Bonchev–Trinajstić information content (AvgIpc) is 3.40. The number of anilines is 3. The van der Waals surface area contributed by atoms with Gasteiger partial charge in [-0.2, -0.15) is 4.98 Å². The minimum Gasteiger partial charge on any atom is -0.470 e. The molecule has 4 heterocycles. The van der Waals surface area contributed by atoms with Crippen molar-refractivity contribution in [3.63, 3.8) is 0 Å². The zero-order valence-electron chi connectivity index (χ0n) is 31.3. The van der Waals surface area contributed by atoms with Gasteiger partial charge in [-0.3, -0.25) is 9.69 Å². The summed E-state index contributed by atoms with van der Waals surface area (Å²) in [6.07, 6.45) is 7.49. The van der Waals surface area contributed by atoms with Crippen molar-refractivity contribution in [1.82, 2.24) is 20.2 Å². The van der Waals surface area contributed by atoms with E-state index >= 15 is 0 Å². The van der Waals surface area contributed by atoms with E-state index in [1.54, 1.807) is 6.08 Å². The molecule has 5 atom stereocenters. The summed E-state index contributed by atoms with van der Waals surface area (Å²) in [5, 5.41) is 3.77. The van der Waals surface area contributed by atoms with Crippen molar-refractivity contribution in [3.8, 4) is 5.88 Å². The summed E-state index contributed by atoms with van der Waals surface area (Å²) in [5.41, 5.74) is 20.7. The molecule has 1 saturated carbocycles. The Bertz CT molecular complexity index is 1690. The van der Waals surface area contributed by atoms with Crippen LogP contribution in [0, 0.1) is 5.92 Å². The Morgan fingerprint density at radius 3 is 2.54 bits per heavy atom. The number of ether oxygens (including phenoxy) is 3. The zero-order valence-corrected chi connectivity index (χ0v) is 32.2. The first-order chi connectivity index (χ1) is 24.8. The van der Waals surface area contributed by atoms with Crippen LogP contribution in [-0.2, 0) is 26.1 Å². The van der Waals surface area contributed by atoms with Crippen molar-refractivity contribution < 1.29 is 23.8 Å². The molecule has 2 unspecified atom stereocenters. The highest BCUT2D eigenvalue weighted by Gasteiger charge is 2.49. The number of morpholine rings is 1. The highest BCUT2D eigenvalue weighted by atomic mass is 32.1. The minimum atomic E-state index is -0.757. The van der Waals surface area contributed by atoms with Gasteiger partial charge >= 0.3 is 6.09 Å². The number of nitrogens with zero attached hydrogens (tertiary/aromatic N) is 4. The summed E-state index contributed by atoms with van der Waals surface area (Å²) in [4.78, 5) is 42.9. The van der Waals surface area contributed by atoms with Gasteiger partial charge in [-0.05, 0) is 91.6 Å². The van der Waals surface area contributed by atoms with Gasteiger partial charge in [-0.25, -0.2) is 9.78 Å². The van der Waals surface area contributed by atoms with Crippen molar-refractivity contribution in [2.24, 2.45) is 11.7 Å². The van der Waals surface area contributed by atoms with Gasteiger partial charge in [-0.15, -0.1) is 11.3 Å². The van der Waals surface area contributed by atoms with E-state index in [1.165, 1.54) is 11.3 Å². The number of Topliss-reactive ketones (excluding diaryl/α,β-unsaturated/α-hetero) is 1. The Morgan fingerprint density at radius 1 is 1.19 bits per heavy atom. The van der Waals surface area contributed by atoms with Gasteiger partial charge in [-0.1, -0.05) is 19.6 Å². The molecule has 14 heteroatoms. The number of nitrogens with one attached hydrogen (secondary N) is 1. The summed E-state index contributed by atoms with van der Waals surface area (Å²) >= 11 is 1.49. The normalized spacial score (nSPS) is 25.4. The average molecular weight is 737 g/mol. The molecule has 2 saturated heterocycles. The summed E-state index contributed by atoms with van der Waals surface area (Å²) in [7, 11) is 1.94. The maximum absolute atomic E-state index is 14.7. The number of amides is 1. The van der Waals surface area contributed by atoms with Crippen LogP contribution in [0.1, 0.15) is 88.9 Å². The van der Waals surface area contributed by atoms with Crippen molar-refractivity contribution in [3.05, 3.63) is 40.6 Å². The van der Waals surface area contributed by atoms with E-state index < -0.39 is 11.0 Å². The molecule has 0 radical (unpaired) electrons. The van der Waals surface area contributed by atoms with Gasteiger partial charge in [0, 0.05) is 35.2 Å². The maximum atomic E-state index is 14.7. The van der Waals surface area contributed by atoms with Crippen LogP contribution >= 0.6 is 11.3 Å². The monoisotopic (exact) mass is 736 g/mol. The van der Waals surface area contributed by atoms with E-state index in [4.69, 9.17) is 41.4 Å². The molecule has 2 aromatic rings. The Labute approximate surface area is 311 Å². The van der Waals surface area contributed by atoms with Crippen molar-refractivity contribution in [1.29, 1.82) is 0 Å². The fourth-order valence-corrected chi connectivity index (χ4v) is 9.49. The number of fused-ring (bicyclic) bond motifs is 4. The number of nitrogens with two attached hydrogens (primary N) is 3. The number of aryl methyl sites for hydroxylation is 1. The predicted molar refractivity (Wildman–Crippen MR) is 205 cm³/mol. The lowest BCUT2D eigenvalue weighted by molar-refractivity contribution is -0.122. The van der Waals surface area contributed by atoms with Gasteiger partial charge in [0.05, 0.1) is 42.1 Å². The van der Waals surface area contributed by atoms with E-state index in [0.29, 0.717) is 73.5 Å². The van der Waals surface area contributed by atoms with Gasteiger partial charge < -0.3 is 41.6 Å². The minimum absolute atomic E-state index is 0.0158. The molecule has 1 spiro atoms. The summed E-state index contributed by atoms with van der Waals surface area (Å²) in [5.74, 6) is 1.34. The Kier molecular flexibility index (Phi) is 11.1. The summed E-state index contributed by atoms with van der Waals surface area (Å²) in [6.45, 7) is 14.4. The number of hydrogen-bond acceptors (Lipinski definition) is 13. The molecule has 0 aromatic carbocycles. The summed E-state index contributed by atoms with van der Waals surface area (Å²) in [6, 6.07) is 1.32. The van der Waals surface area contributed by atoms with Crippen LogP contribution in [0.2, 0.25) is 0 Å². The fraction of sp³-hybridized carbons (Fsp3) is 0.632. The lowest BCUT2D eigenvalue weighted by Crippen LogP contribution is -2.66. The first-order valence-electron chi connectivity index (χ1n) is 18.6. The molecule has 284 valence electrons. The number of aromatic nitrogens is 2. The van der Waals surface area contributed by atoms with Crippen LogP contribution in [0.4, 0.5) is 21.3 Å². The van der Waals surface area contributed by atoms with Gasteiger partial charge in [0.15, 0.2) is 11.6 Å². The number of rotatable bonds is 10. The molecular formula is C38H56N8O5S. The summed E-state index contributed by atoms with van der Waals surface area (Å²) < 4.78 is 18.2. The van der Waals surface area contributed by atoms with E-state index in [1.807, 2.05) is 38.8 Å². The molecule has 1 amide bonds. The number of hydrogen-bond donors (Lipinski definition) is 4. The molecule has 2 aliphatic heterocycles. The maximum Gasteiger partial charge on any atom is 0.411 e.